The van der Waals surface area contributed by atoms with Gasteiger partial charge in [0.2, 0.25) is 11.8 Å². The van der Waals surface area contributed by atoms with Gasteiger partial charge in [0.15, 0.2) is 4.96 Å². The third-order valence-electron chi connectivity index (χ3n) is 4.49. The Morgan fingerprint density at radius 2 is 1.78 bits per heavy atom. The lowest BCUT2D eigenvalue weighted by atomic mass is 10.2. The van der Waals surface area contributed by atoms with E-state index in [1.165, 1.54) is 35.6 Å². The number of carbonyl (C=O) groups excluding carboxylic acids is 2. The van der Waals surface area contributed by atoms with Crippen LogP contribution in [-0.2, 0) is 26.0 Å². The summed E-state index contributed by atoms with van der Waals surface area (Å²) in [6, 6.07) is 12.9. The lowest BCUT2D eigenvalue weighted by molar-refractivity contribution is -0.117. The molecule has 0 bridgehead atoms. The summed E-state index contributed by atoms with van der Waals surface area (Å²) < 4.78 is 27.8. The molecule has 2 amide bonds. The Morgan fingerprint density at radius 3 is 2.44 bits per heavy atom. The number of aromatic nitrogens is 2. The average Bonchev–Trinajstić information content (AvgIpc) is 3.30. The van der Waals surface area contributed by atoms with Gasteiger partial charge in [-0.3, -0.25) is 14.0 Å². The van der Waals surface area contributed by atoms with Crippen LogP contribution in [0.25, 0.3) is 16.2 Å². The van der Waals surface area contributed by atoms with Crippen molar-refractivity contribution in [2.24, 2.45) is 0 Å². The van der Waals surface area contributed by atoms with Gasteiger partial charge in [0.05, 0.1) is 17.0 Å². The second kappa shape index (κ2) is 8.73. The van der Waals surface area contributed by atoms with Crippen LogP contribution >= 0.6 is 22.9 Å². The van der Waals surface area contributed by atoms with E-state index in [2.05, 4.69) is 10.3 Å². The van der Waals surface area contributed by atoms with E-state index in [-0.39, 0.29) is 17.2 Å². The van der Waals surface area contributed by atoms with E-state index in [1.807, 2.05) is 32.8 Å². The third kappa shape index (κ3) is 4.82. The second-order valence-corrected chi connectivity index (χ2v) is 9.88. The van der Waals surface area contributed by atoms with Gasteiger partial charge in [-0.05, 0) is 36.4 Å². The van der Waals surface area contributed by atoms with Crippen LogP contribution in [0.2, 0.25) is 5.02 Å². The van der Waals surface area contributed by atoms with Crippen LogP contribution in [-0.4, -0.2) is 29.6 Å². The molecular formula is C21H17ClN4O4S2. The number of amides is 2. The van der Waals surface area contributed by atoms with E-state index in [0.717, 1.165) is 28.8 Å². The smallest absolute Gasteiger partial charge is 0.264 e. The number of benzene rings is 2. The molecule has 4 rings (SSSR count). The highest BCUT2D eigenvalue weighted by atomic mass is 35.5. The van der Waals surface area contributed by atoms with Crippen molar-refractivity contribution in [2.75, 3.05) is 5.32 Å². The number of carbonyl (C=O) groups is 2. The summed E-state index contributed by atoms with van der Waals surface area (Å²) in [5, 5.41) is 5.26. The number of halogens is 1. The minimum atomic E-state index is -3.92. The highest BCUT2D eigenvalue weighted by Crippen LogP contribution is 2.25. The summed E-state index contributed by atoms with van der Waals surface area (Å²) >= 11 is 7.38. The number of hydrogen-bond acceptors (Lipinski definition) is 6. The van der Waals surface area contributed by atoms with Gasteiger partial charge in [-0.1, -0.05) is 23.7 Å². The molecule has 0 atom stereocenters. The zero-order valence-electron chi connectivity index (χ0n) is 16.7. The number of sulfonamides is 1. The second-order valence-electron chi connectivity index (χ2n) is 6.92. The van der Waals surface area contributed by atoms with E-state index >= 15 is 0 Å². The van der Waals surface area contributed by atoms with Crippen LogP contribution in [0.1, 0.15) is 12.6 Å². The van der Waals surface area contributed by atoms with E-state index in [4.69, 9.17) is 11.6 Å². The normalized spacial score (nSPS) is 11.4. The lowest BCUT2D eigenvalue weighted by Crippen LogP contribution is -2.28. The van der Waals surface area contributed by atoms with E-state index in [1.54, 1.807) is 12.1 Å². The summed E-state index contributed by atoms with van der Waals surface area (Å²) in [5.41, 5.74) is 2.93. The fourth-order valence-corrected chi connectivity index (χ4v) is 5.04. The van der Waals surface area contributed by atoms with Crippen molar-refractivity contribution in [2.45, 2.75) is 18.2 Å². The fourth-order valence-electron chi connectivity index (χ4n) is 3.05. The number of anilines is 1. The number of imidazole rings is 1. The number of rotatable bonds is 6. The summed E-state index contributed by atoms with van der Waals surface area (Å²) in [4.78, 5) is 28.9. The lowest BCUT2D eigenvalue weighted by Gasteiger charge is -2.07. The maximum absolute atomic E-state index is 12.5. The zero-order valence-corrected chi connectivity index (χ0v) is 19.1. The molecular weight excluding hydrogens is 472 g/mol. The van der Waals surface area contributed by atoms with Crippen LogP contribution in [0, 0.1) is 0 Å². The predicted octanol–water partition coefficient (Wildman–Crippen LogP) is 3.72. The van der Waals surface area contributed by atoms with Gasteiger partial charge in [0.25, 0.3) is 10.0 Å². The molecule has 2 aromatic heterocycles. The van der Waals surface area contributed by atoms with Gasteiger partial charge in [-0.15, -0.1) is 11.3 Å². The molecule has 0 saturated carbocycles. The van der Waals surface area contributed by atoms with Crippen LogP contribution in [0.15, 0.2) is 65.0 Å². The van der Waals surface area contributed by atoms with Crippen molar-refractivity contribution >= 4 is 55.4 Å². The predicted molar refractivity (Wildman–Crippen MR) is 123 cm³/mol. The van der Waals surface area contributed by atoms with Crippen molar-refractivity contribution < 1.29 is 18.0 Å². The maximum Gasteiger partial charge on any atom is 0.264 e. The van der Waals surface area contributed by atoms with E-state index < -0.39 is 15.9 Å². The molecule has 8 nitrogen and oxygen atoms in total. The quantitative estimate of drug-likeness (QED) is 0.430. The van der Waals surface area contributed by atoms with E-state index in [0.29, 0.717) is 10.7 Å². The van der Waals surface area contributed by atoms with Crippen molar-refractivity contribution in [1.82, 2.24) is 14.1 Å². The number of fused-ring (bicyclic) bond motifs is 1. The number of nitrogens with zero attached hydrogens (tertiary/aromatic N) is 2. The molecule has 2 aromatic carbocycles. The average molecular weight is 489 g/mol. The standard InChI is InChI=1S/C21H17ClN4O4S2/c1-13(27)25-32(29,30)18-8-6-16(7-9-18)23-20(28)10-17-12-31-21-24-19(11-26(17)21)14-2-4-15(22)5-3-14/h2-9,11-12H,10H2,1H3,(H,23,28)(H,25,27). The Labute approximate surface area is 192 Å². The zero-order chi connectivity index (χ0) is 22.9. The van der Waals surface area contributed by atoms with Crippen LogP contribution in [0.3, 0.4) is 0 Å². The Balaban J connectivity index is 1.46. The van der Waals surface area contributed by atoms with Crippen molar-refractivity contribution in [3.05, 3.63) is 70.8 Å². The van der Waals surface area contributed by atoms with Gasteiger partial charge in [0.1, 0.15) is 0 Å². The molecule has 0 unspecified atom stereocenters. The molecule has 0 saturated heterocycles. The molecule has 11 heteroatoms. The molecule has 0 spiro atoms. The largest absolute Gasteiger partial charge is 0.326 e. The molecule has 164 valence electrons. The Morgan fingerprint density at radius 1 is 1.09 bits per heavy atom. The fraction of sp³-hybridized carbons (Fsp3) is 0.0952. The Bertz CT molecular complexity index is 1410. The highest BCUT2D eigenvalue weighted by Gasteiger charge is 2.16. The monoisotopic (exact) mass is 488 g/mol. The first kappa shape index (κ1) is 22.0. The molecule has 0 aliphatic rings. The Kier molecular flexibility index (Phi) is 6.00. The van der Waals surface area contributed by atoms with Gasteiger partial charge in [-0.25, -0.2) is 18.1 Å². The van der Waals surface area contributed by atoms with Gasteiger partial charge < -0.3 is 5.32 Å². The molecule has 0 radical (unpaired) electrons. The van der Waals surface area contributed by atoms with Gasteiger partial charge in [0, 0.05) is 40.5 Å². The molecule has 0 fully saturated rings. The first-order valence-corrected chi connectivity index (χ1v) is 12.1. The molecule has 4 aromatic rings. The van der Waals surface area contributed by atoms with Crippen LogP contribution in [0.5, 0.6) is 0 Å². The minimum Gasteiger partial charge on any atom is -0.326 e. The summed E-state index contributed by atoms with van der Waals surface area (Å²) in [7, 11) is -3.92. The van der Waals surface area contributed by atoms with Crippen molar-refractivity contribution in [3.63, 3.8) is 0 Å². The number of nitrogens with one attached hydrogen (secondary N) is 2. The van der Waals surface area contributed by atoms with Gasteiger partial charge >= 0.3 is 0 Å². The molecule has 0 aliphatic heterocycles. The number of thiazole rings is 1. The highest BCUT2D eigenvalue weighted by molar-refractivity contribution is 7.90. The van der Waals surface area contributed by atoms with Gasteiger partial charge in [-0.2, -0.15) is 0 Å². The van der Waals surface area contributed by atoms with Crippen LogP contribution in [0.4, 0.5) is 5.69 Å². The minimum absolute atomic E-state index is 0.0709. The maximum atomic E-state index is 12.5. The molecule has 32 heavy (non-hydrogen) atoms. The van der Waals surface area contributed by atoms with Crippen LogP contribution < -0.4 is 10.0 Å². The molecule has 0 aliphatic carbocycles. The summed E-state index contributed by atoms with van der Waals surface area (Å²) in [6.45, 7) is 1.12. The van der Waals surface area contributed by atoms with Crippen molar-refractivity contribution in [3.8, 4) is 11.3 Å². The van der Waals surface area contributed by atoms with Crippen molar-refractivity contribution in [1.29, 1.82) is 0 Å². The molecule has 2 N–H and O–H groups in total. The first-order chi connectivity index (χ1) is 15.2. The molecule has 2 heterocycles. The Hall–Kier alpha value is -3.21. The van der Waals surface area contributed by atoms with E-state index in [9.17, 15) is 18.0 Å². The summed E-state index contributed by atoms with van der Waals surface area (Å²) in [6.07, 6.45) is 1.99. The number of hydrogen-bond donors (Lipinski definition) is 2. The first-order valence-electron chi connectivity index (χ1n) is 9.36. The summed E-state index contributed by atoms with van der Waals surface area (Å²) in [5.74, 6) is -0.938. The third-order valence-corrected chi connectivity index (χ3v) is 7.08. The topological polar surface area (TPSA) is 110 Å². The SMILES string of the molecule is CC(=O)NS(=O)(=O)c1ccc(NC(=O)Cc2csc3nc(-c4ccc(Cl)cc4)cn23)cc1.